The molecular formula is C15H17BrClN3O. The van der Waals surface area contributed by atoms with E-state index in [9.17, 15) is 4.79 Å². The highest BCUT2D eigenvalue weighted by molar-refractivity contribution is 9.10. The number of nitrogens with two attached hydrogens (primary N) is 1. The summed E-state index contributed by atoms with van der Waals surface area (Å²) in [5.41, 5.74) is 9.50. The Morgan fingerprint density at radius 2 is 2.14 bits per heavy atom. The van der Waals surface area contributed by atoms with Crippen molar-refractivity contribution in [1.29, 1.82) is 0 Å². The predicted molar refractivity (Wildman–Crippen MR) is 91.2 cm³/mol. The molecule has 0 unspecified atom stereocenters. The molecule has 112 valence electrons. The van der Waals surface area contributed by atoms with Crippen molar-refractivity contribution < 1.29 is 4.79 Å². The number of benzene rings is 1. The number of aromatic nitrogens is 1. The lowest BCUT2D eigenvalue weighted by Crippen LogP contribution is -2.36. The average molecular weight is 371 g/mol. The van der Waals surface area contributed by atoms with Crippen LogP contribution in [0.25, 0.3) is 0 Å². The summed E-state index contributed by atoms with van der Waals surface area (Å²) in [6, 6.07) is 7.62. The number of rotatable bonds is 1. The van der Waals surface area contributed by atoms with Crippen molar-refractivity contribution in [2.75, 3.05) is 17.2 Å². The second kappa shape index (κ2) is 6.12. The van der Waals surface area contributed by atoms with Crippen molar-refractivity contribution in [3.63, 3.8) is 0 Å². The Morgan fingerprint density at radius 1 is 1.38 bits per heavy atom. The quantitative estimate of drug-likeness (QED) is 0.782. The van der Waals surface area contributed by atoms with Crippen LogP contribution in [0.1, 0.15) is 22.5 Å². The normalized spacial score (nSPS) is 13.5. The van der Waals surface area contributed by atoms with Crippen LogP contribution in [0.4, 0.5) is 11.4 Å². The van der Waals surface area contributed by atoms with Gasteiger partial charge < -0.3 is 15.2 Å². The fraction of sp³-hybridized carbons (Fsp3) is 0.267. The molecule has 0 fully saturated rings. The topological polar surface area (TPSA) is 51.3 Å². The molecule has 1 aromatic heterocycles. The van der Waals surface area contributed by atoms with E-state index in [0.717, 1.165) is 40.8 Å². The summed E-state index contributed by atoms with van der Waals surface area (Å²) in [6.07, 6.45) is 3.76. The van der Waals surface area contributed by atoms with Gasteiger partial charge in [-0.05, 0) is 52.5 Å². The van der Waals surface area contributed by atoms with Crippen LogP contribution in [0.3, 0.4) is 0 Å². The second-order valence-corrected chi connectivity index (χ2v) is 5.98. The maximum absolute atomic E-state index is 12.8. The number of fused-ring (bicyclic) bond motifs is 1. The van der Waals surface area contributed by atoms with E-state index in [0.29, 0.717) is 5.69 Å². The number of amides is 1. The minimum absolute atomic E-state index is 0. The molecule has 1 aliphatic rings. The van der Waals surface area contributed by atoms with E-state index in [1.54, 1.807) is 0 Å². The van der Waals surface area contributed by atoms with Crippen LogP contribution in [0.15, 0.2) is 34.9 Å². The van der Waals surface area contributed by atoms with E-state index in [-0.39, 0.29) is 18.3 Å². The van der Waals surface area contributed by atoms with Gasteiger partial charge >= 0.3 is 0 Å². The van der Waals surface area contributed by atoms with Gasteiger partial charge in [0.1, 0.15) is 5.69 Å². The van der Waals surface area contributed by atoms with Crippen LogP contribution in [-0.4, -0.2) is 17.0 Å². The smallest absolute Gasteiger partial charge is 0.274 e. The van der Waals surface area contributed by atoms with E-state index in [1.807, 2.05) is 47.0 Å². The highest BCUT2D eigenvalue weighted by Crippen LogP contribution is 2.32. The maximum atomic E-state index is 12.8. The largest absolute Gasteiger partial charge is 0.398 e. The molecule has 1 aromatic carbocycles. The first-order valence-electron chi connectivity index (χ1n) is 6.59. The number of aryl methyl sites for hydroxylation is 1. The van der Waals surface area contributed by atoms with Crippen molar-refractivity contribution in [3.05, 3.63) is 46.2 Å². The molecule has 0 saturated heterocycles. The van der Waals surface area contributed by atoms with Gasteiger partial charge in [-0.15, -0.1) is 12.4 Å². The average Bonchev–Trinajstić information content (AvgIpc) is 2.77. The third-order valence-electron chi connectivity index (χ3n) is 3.72. The highest BCUT2D eigenvalue weighted by atomic mass is 79.9. The monoisotopic (exact) mass is 369 g/mol. The molecule has 2 heterocycles. The van der Waals surface area contributed by atoms with E-state index in [2.05, 4.69) is 15.9 Å². The lowest BCUT2D eigenvalue weighted by molar-refractivity contribution is 0.0977. The van der Waals surface area contributed by atoms with E-state index < -0.39 is 0 Å². The van der Waals surface area contributed by atoms with E-state index in [1.165, 1.54) is 0 Å². The Kier molecular flexibility index (Phi) is 4.64. The fourth-order valence-electron chi connectivity index (χ4n) is 2.74. The van der Waals surface area contributed by atoms with Crippen molar-refractivity contribution in [3.8, 4) is 0 Å². The molecule has 3 rings (SSSR count). The summed E-state index contributed by atoms with van der Waals surface area (Å²) >= 11 is 3.41. The summed E-state index contributed by atoms with van der Waals surface area (Å²) in [6.45, 7) is 0.734. The SMILES string of the molecule is Cl.Cn1cc(Br)cc1C(=O)N1CCCc2c(N)cccc21. The fourth-order valence-corrected chi connectivity index (χ4v) is 3.26. The molecule has 6 heteroatoms. The van der Waals surface area contributed by atoms with Crippen LogP contribution < -0.4 is 10.6 Å². The predicted octanol–water partition coefficient (Wildman–Crippen LogP) is 3.38. The number of carbonyl (C=O) groups excluding carboxylic acids is 1. The Hall–Kier alpha value is -1.46. The van der Waals surface area contributed by atoms with Crippen LogP contribution in [0, 0.1) is 0 Å². The molecule has 0 saturated carbocycles. The summed E-state index contributed by atoms with van der Waals surface area (Å²) in [7, 11) is 1.88. The maximum Gasteiger partial charge on any atom is 0.274 e. The first kappa shape index (κ1) is 15.9. The third-order valence-corrected chi connectivity index (χ3v) is 4.16. The summed E-state index contributed by atoms with van der Waals surface area (Å²) in [5.74, 6) is 0.0183. The number of hydrogen-bond donors (Lipinski definition) is 1. The van der Waals surface area contributed by atoms with Gasteiger partial charge in [0.15, 0.2) is 0 Å². The Labute approximate surface area is 138 Å². The van der Waals surface area contributed by atoms with Gasteiger partial charge in [0.05, 0.1) is 0 Å². The number of halogens is 2. The van der Waals surface area contributed by atoms with Crippen LogP contribution in [0.5, 0.6) is 0 Å². The molecule has 1 amide bonds. The molecule has 21 heavy (non-hydrogen) atoms. The number of carbonyl (C=O) groups is 1. The minimum Gasteiger partial charge on any atom is -0.398 e. The van der Waals surface area contributed by atoms with Crippen LogP contribution in [-0.2, 0) is 13.5 Å². The Balaban J connectivity index is 0.00000161. The van der Waals surface area contributed by atoms with Gasteiger partial charge in [0.2, 0.25) is 0 Å². The van der Waals surface area contributed by atoms with Crippen molar-refractivity contribution >= 4 is 45.6 Å². The van der Waals surface area contributed by atoms with Gasteiger partial charge in [0, 0.05) is 35.6 Å². The molecule has 2 aromatic rings. The van der Waals surface area contributed by atoms with Gasteiger partial charge in [0.25, 0.3) is 5.91 Å². The number of anilines is 2. The molecule has 0 spiro atoms. The Bertz CT molecular complexity index is 684. The second-order valence-electron chi connectivity index (χ2n) is 5.06. The minimum atomic E-state index is 0. The lowest BCUT2D eigenvalue weighted by atomic mass is 9.99. The third kappa shape index (κ3) is 2.80. The summed E-state index contributed by atoms with van der Waals surface area (Å²) in [5, 5.41) is 0. The molecule has 0 atom stereocenters. The van der Waals surface area contributed by atoms with Gasteiger partial charge in [-0.3, -0.25) is 4.79 Å². The highest BCUT2D eigenvalue weighted by Gasteiger charge is 2.26. The number of nitrogens with zero attached hydrogens (tertiary/aromatic N) is 2. The van der Waals surface area contributed by atoms with Gasteiger partial charge in [-0.2, -0.15) is 0 Å². The molecule has 0 radical (unpaired) electrons. The first-order valence-corrected chi connectivity index (χ1v) is 7.38. The van der Waals surface area contributed by atoms with Crippen molar-refractivity contribution in [1.82, 2.24) is 4.57 Å². The van der Waals surface area contributed by atoms with Gasteiger partial charge in [-0.1, -0.05) is 6.07 Å². The first-order chi connectivity index (χ1) is 9.58. The Morgan fingerprint density at radius 3 is 2.81 bits per heavy atom. The zero-order valence-electron chi connectivity index (χ0n) is 11.7. The van der Waals surface area contributed by atoms with Crippen LogP contribution >= 0.6 is 28.3 Å². The van der Waals surface area contributed by atoms with E-state index in [4.69, 9.17) is 5.73 Å². The zero-order valence-corrected chi connectivity index (χ0v) is 14.1. The zero-order chi connectivity index (χ0) is 14.3. The van der Waals surface area contributed by atoms with E-state index >= 15 is 0 Å². The summed E-state index contributed by atoms with van der Waals surface area (Å²) < 4.78 is 2.75. The standard InChI is InChI=1S/C15H16BrN3O.ClH/c1-18-9-10(16)8-14(18)15(20)19-7-3-4-11-12(17)5-2-6-13(11)19;/h2,5-6,8-9H,3-4,7,17H2,1H3;1H. The summed E-state index contributed by atoms with van der Waals surface area (Å²) in [4.78, 5) is 14.6. The molecular weight excluding hydrogens is 354 g/mol. The van der Waals surface area contributed by atoms with Crippen molar-refractivity contribution in [2.24, 2.45) is 7.05 Å². The molecule has 0 bridgehead atoms. The molecule has 4 nitrogen and oxygen atoms in total. The number of hydrogen-bond acceptors (Lipinski definition) is 2. The molecule has 1 aliphatic heterocycles. The lowest BCUT2D eigenvalue weighted by Gasteiger charge is -2.30. The molecule has 2 N–H and O–H groups in total. The molecule has 0 aliphatic carbocycles. The van der Waals surface area contributed by atoms with Crippen LogP contribution in [0.2, 0.25) is 0 Å². The van der Waals surface area contributed by atoms with Gasteiger partial charge in [-0.25, -0.2) is 0 Å². The van der Waals surface area contributed by atoms with Crippen molar-refractivity contribution in [2.45, 2.75) is 12.8 Å². The number of nitrogen functional groups attached to an aromatic ring is 1.